The molecule has 0 unspecified atom stereocenters. The van der Waals surface area contributed by atoms with E-state index >= 15 is 0 Å². The maximum absolute atomic E-state index is 13.3. The Kier molecular flexibility index (Phi) is 3.16. The summed E-state index contributed by atoms with van der Waals surface area (Å²) in [4.78, 5) is 0. The molecule has 1 aromatic heterocycles. The van der Waals surface area contributed by atoms with E-state index in [1.54, 1.807) is 35.1 Å². The van der Waals surface area contributed by atoms with E-state index in [0.29, 0.717) is 22.0 Å². The fraction of sp³-hybridized carbons (Fsp3) is 0. The molecule has 3 aromatic rings. The third-order valence-corrected chi connectivity index (χ3v) is 3.15. The predicted molar refractivity (Wildman–Crippen MR) is 78.4 cm³/mol. The second-order valence-electron chi connectivity index (χ2n) is 4.37. The van der Waals surface area contributed by atoms with Crippen molar-refractivity contribution in [3.05, 3.63) is 65.6 Å². The number of nitrogens with zero attached hydrogens (tertiary/aromatic N) is 2. The van der Waals surface area contributed by atoms with Crippen LogP contribution in [0.1, 0.15) is 0 Å². The van der Waals surface area contributed by atoms with Crippen LogP contribution in [0.4, 0.5) is 10.1 Å². The van der Waals surface area contributed by atoms with Crippen LogP contribution >= 0.6 is 11.6 Å². The molecule has 3 nitrogen and oxygen atoms in total. The summed E-state index contributed by atoms with van der Waals surface area (Å²) >= 11 is 5.96. The highest BCUT2D eigenvalue weighted by Crippen LogP contribution is 2.26. The smallest absolute Gasteiger partial charge is 0.123 e. The van der Waals surface area contributed by atoms with Gasteiger partial charge in [-0.1, -0.05) is 29.8 Å². The van der Waals surface area contributed by atoms with E-state index in [1.807, 2.05) is 12.1 Å². The summed E-state index contributed by atoms with van der Waals surface area (Å²) in [6, 6.07) is 13.4. The van der Waals surface area contributed by atoms with Gasteiger partial charge in [-0.15, -0.1) is 0 Å². The first-order valence-electron chi connectivity index (χ1n) is 6.00. The van der Waals surface area contributed by atoms with Crippen molar-refractivity contribution in [2.24, 2.45) is 0 Å². The molecule has 0 atom stereocenters. The van der Waals surface area contributed by atoms with Gasteiger partial charge in [0, 0.05) is 10.6 Å². The number of nitrogen functional groups attached to an aromatic ring is 1. The number of nitrogens with two attached hydrogens (primary N) is 1. The molecular weight excluding hydrogens is 277 g/mol. The summed E-state index contributed by atoms with van der Waals surface area (Å²) in [5.74, 6) is -0.320. The number of hydrogen-bond acceptors (Lipinski definition) is 2. The number of anilines is 1. The molecule has 0 amide bonds. The van der Waals surface area contributed by atoms with E-state index in [-0.39, 0.29) is 5.82 Å². The summed E-state index contributed by atoms with van der Waals surface area (Å²) in [5, 5.41) is 5.01. The minimum atomic E-state index is -0.320. The Morgan fingerprint density at radius 1 is 1.10 bits per heavy atom. The molecule has 0 fully saturated rings. The van der Waals surface area contributed by atoms with Gasteiger partial charge in [0.25, 0.3) is 0 Å². The van der Waals surface area contributed by atoms with Crippen LogP contribution in [0.2, 0.25) is 5.02 Å². The molecule has 20 heavy (non-hydrogen) atoms. The zero-order valence-electron chi connectivity index (χ0n) is 10.4. The molecule has 0 bridgehead atoms. The molecule has 0 radical (unpaired) electrons. The highest BCUT2D eigenvalue weighted by Gasteiger charge is 2.10. The fourth-order valence-corrected chi connectivity index (χ4v) is 2.18. The van der Waals surface area contributed by atoms with Crippen molar-refractivity contribution in [3.63, 3.8) is 0 Å². The molecule has 0 aliphatic rings. The van der Waals surface area contributed by atoms with Crippen molar-refractivity contribution in [2.45, 2.75) is 0 Å². The van der Waals surface area contributed by atoms with Crippen LogP contribution in [0.15, 0.2) is 54.7 Å². The van der Waals surface area contributed by atoms with Gasteiger partial charge in [0.2, 0.25) is 0 Å². The molecule has 100 valence electrons. The molecule has 0 aliphatic heterocycles. The first-order chi connectivity index (χ1) is 9.63. The van der Waals surface area contributed by atoms with E-state index in [4.69, 9.17) is 17.3 Å². The molecule has 0 saturated heterocycles. The van der Waals surface area contributed by atoms with Gasteiger partial charge in [0.1, 0.15) is 11.5 Å². The summed E-state index contributed by atoms with van der Waals surface area (Å²) in [6.45, 7) is 0. The summed E-state index contributed by atoms with van der Waals surface area (Å²) in [6.07, 6.45) is 1.69. The van der Waals surface area contributed by atoms with Gasteiger partial charge in [-0.05, 0) is 30.3 Å². The van der Waals surface area contributed by atoms with E-state index in [2.05, 4.69) is 5.10 Å². The lowest BCUT2D eigenvalue weighted by atomic mass is 10.1. The minimum Gasteiger partial charge on any atom is -0.396 e. The average Bonchev–Trinajstić information content (AvgIpc) is 2.81. The summed E-state index contributed by atoms with van der Waals surface area (Å²) in [7, 11) is 0. The number of halogens is 2. The van der Waals surface area contributed by atoms with Crippen molar-refractivity contribution in [3.8, 4) is 16.9 Å². The van der Waals surface area contributed by atoms with E-state index < -0.39 is 0 Å². The van der Waals surface area contributed by atoms with E-state index in [1.165, 1.54) is 12.1 Å². The van der Waals surface area contributed by atoms with Gasteiger partial charge in [-0.3, -0.25) is 0 Å². The van der Waals surface area contributed by atoms with Gasteiger partial charge in [0.05, 0.1) is 17.6 Å². The Labute approximate surface area is 120 Å². The Morgan fingerprint density at radius 2 is 1.90 bits per heavy atom. The normalized spacial score (nSPS) is 10.7. The zero-order valence-corrected chi connectivity index (χ0v) is 11.2. The average molecular weight is 288 g/mol. The second-order valence-corrected chi connectivity index (χ2v) is 4.80. The van der Waals surface area contributed by atoms with Crippen LogP contribution in [0.5, 0.6) is 0 Å². The molecule has 1 heterocycles. The highest BCUT2D eigenvalue weighted by atomic mass is 35.5. The van der Waals surface area contributed by atoms with E-state index in [9.17, 15) is 4.39 Å². The molecule has 0 spiro atoms. The monoisotopic (exact) mass is 287 g/mol. The largest absolute Gasteiger partial charge is 0.396 e. The van der Waals surface area contributed by atoms with E-state index in [0.717, 1.165) is 5.69 Å². The molecule has 3 rings (SSSR count). The molecule has 2 aromatic carbocycles. The lowest BCUT2D eigenvalue weighted by Gasteiger charge is -2.01. The van der Waals surface area contributed by atoms with Crippen LogP contribution in [-0.4, -0.2) is 9.78 Å². The standard InChI is InChI=1S/C15H11ClFN3/c16-11-4-2-6-13(8-11)20-9-14(18)15(19-20)10-3-1-5-12(17)7-10/h1-9H,18H2. The van der Waals surface area contributed by atoms with Crippen LogP contribution in [0.3, 0.4) is 0 Å². The first-order valence-corrected chi connectivity index (χ1v) is 6.38. The van der Waals surface area contributed by atoms with Crippen LogP contribution in [0, 0.1) is 5.82 Å². The van der Waals surface area contributed by atoms with Gasteiger partial charge >= 0.3 is 0 Å². The van der Waals surface area contributed by atoms with Crippen molar-refractivity contribution >= 4 is 17.3 Å². The predicted octanol–water partition coefficient (Wildman–Crippen LogP) is 3.91. The summed E-state index contributed by atoms with van der Waals surface area (Å²) < 4.78 is 14.9. The molecular formula is C15H11ClFN3. The second kappa shape index (κ2) is 4.98. The number of hydrogen-bond donors (Lipinski definition) is 1. The van der Waals surface area contributed by atoms with Gasteiger partial charge in [0.15, 0.2) is 0 Å². The Bertz CT molecular complexity index is 767. The van der Waals surface area contributed by atoms with Gasteiger partial charge in [-0.25, -0.2) is 9.07 Å². The Balaban J connectivity index is 2.08. The number of aromatic nitrogens is 2. The number of rotatable bonds is 2. The molecule has 0 aliphatic carbocycles. The fourth-order valence-electron chi connectivity index (χ4n) is 2.00. The first kappa shape index (κ1) is 12.7. The lowest BCUT2D eigenvalue weighted by Crippen LogP contribution is -1.94. The molecule has 0 saturated carbocycles. The van der Waals surface area contributed by atoms with Crippen molar-refractivity contribution in [2.75, 3.05) is 5.73 Å². The Morgan fingerprint density at radius 3 is 2.65 bits per heavy atom. The topological polar surface area (TPSA) is 43.8 Å². The third kappa shape index (κ3) is 2.38. The maximum Gasteiger partial charge on any atom is 0.123 e. The van der Waals surface area contributed by atoms with Gasteiger partial charge < -0.3 is 5.73 Å². The lowest BCUT2D eigenvalue weighted by molar-refractivity contribution is 0.628. The zero-order chi connectivity index (χ0) is 14.1. The van der Waals surface area contributed by atoms with Crippen LogP contribution in [-0.2, 0) is 0 Å². The minimum absolute atomic E-state index is 0.320. The van der Waals surface area contributed by atoms with Crippen molar-refractivity contribution in [1.29, 1.82) is 0 Å². The van der Waals surface area contributed by atoms with Gasteiger partial charge in [-0.2, -0.15) is 5.10 Å². The maximum atomic E-state index is 13.3. The molecule has 2 N–H and O–H groups in total. The Hall–Kier alpha value is -2.33. The summed E-state index contributed by atoms with van der Waals surface area (Å²) in [5.41, 5.74) is 8.43. The highest BCUT2D eigenvalue weighted by molar-refractivity contribution is 6.30. The SMILES string of the molecule is Nc1cn(-c2cccc(Cl)c2)nc1-c1cccc(F)c1. The third-order valence-electron chi connectivity index (χ3n) is 2.91. The quantitative estimate of drug-likeness (QED) is 0.776. The van der Waals surface area contributed by atoms with Crippen molar-refractivity contribution < 1.29 is 4.39 Å². The van der Waals surface area contributed by atoms with Crippen LogP contribution < -0.4 is 5.73 Å². The van der Waals surface area contributed by atoms with Crippen molar-refractivity contribution in [1.82, 2.24) is 9.78 Å². The van der Waals surface area contributed by atoms with Crippen LogP contribution in [0.25, 0.3) is 16.9 Å². The molecule has 5 heteroatoms. The number of benzene rings is 2.